The van der Waals surface area contributed by atoms with E-state index in [0.717, 1.165) is 23.8 Å². The van der Waals surface area contributed by atoms with Crippen LogP contribution in [0.4, 0.5) is 18.9 Å². The number of alkyl halides is 3. The van der Waals surface area contributed by atoms with Gasteiger partial charge in [0.15, 0.2) is 16.6 Å². The van der Waals surface area contributed by atoms with Crippen LogP contribution in [0.5, 0.6) is 11.5 Å². The van der Waals surface area contributed by atoms with Gasteiger partial charge in [-0.3, -0.25) is 5.43 Å². The Morgan fingerprint density at radius 1 is 1.07 bits per heavy atom. The van der Waals surface area contributed by atoms with E-state index in [2.05, 4.69) is 15.8 Å². The fraction of sp³-hybridized carbons (Fsp3) is 0.222. The molecule has 0 saturated carbocycles. The number of benzene rings is 2. The number of thiocarbonyl (C=S) groups is 1. The topological polar surface area (TPSA) is 54.9 Å². The van der Waals surface area contributed by atoms with Gasteiger partial charge in [-0.05, 0) is 55.5 Å². The van der Waals surface area contributed by atoms with Crippen molar-refractivity contribution in [1.29, 1.82) is 0 Å². The van der Waals surface area contributed by atoms with E-state index >= 15 is 0 Å². The SMILES string of the molecule is COc1ccc(/C(C)=N/NC(=S)Nc2cc(C(F)(F)F)ccc2Cl)cc1OC. The van der Waals surface area contributed by atoms with Crippen molar-refractivity contribution < 1.29 is 22.6 Å². The first kappa shape index (κ1) is 21.8. The highest BCUT2D eigenvalue weighted by Crippen LogP contribution is 2.33. The highest BCUT2D eigenvalue weighted by Gasteiger charge is 2.31. The molecular weight excluding hydrogens is 415 g/mol. The summed E-state index contributed by atoms with van der Waals surface area (Å²) in [4.78, 5) is 0. The second-order valence-electron chi connectivity index (χ2n) is 5.53. The largest absolute Gasteiger partial charge is 0.493 e. The molecule has 0 unspecified atom stereocenters. The molecule has 2 aromatic rings. The summed E-state index contributed by atoms with van der Waals surface area (Å²) < 4.78 is 48.9. The summed E-state index contributed by atoms with van der Waals surface area (Å²) in [5, 5.41) is 6.81. The maximum atomic E-state index is 12.8. The van der Waals surface area contributed by atoms with Crippen molar-refractivity contribution in [3.05, 3.63) is 52.5 Å². The van der Waals surface area contributed by atoms with Crippen molar-refractivity contribution in [3.8, 4) is 11.5 Å². The second kappa shape index (κ2) is 9.11. The monoisotopic (exact) mass is 431 g/mol. The van der Waals surface area contributed by atoms with Crippen LogP contribution in [-0.4, -0.2) is 25.0 Å². The van der Waals surface area contributed by atoms with E-state index in [1.165, 1.54) is 14.2 Å². The first-order valence-electron chi connectivity index (χ1n) is 7.86. The van der Waals surface area contributed by atoms with Gasteiger partial charge in [0.05, 0.1) is 36.2 Å². The number of hydrazone groups is 1. The lowest BCUT2D eigenvalue weighted by atomic mass is 10.1. The Morgan fingerprint density at radius 3 is 2.36 bits per heavy atom. The van der Waals surface area contributed by atoms with Crippen molar-refractivity contribution >= 4 is 40.3 Å². The quantitative estimate of drug-likeness (QED) is 0.392. The lowest BCUT2D eigenvalue weighted by Crippen LogP contribution is -2.25. The molecule has 0 atom stereocenters. The predicted octanol–water partition coefficient (Wildman–Crippen LogP) is 5.09. The van der Waals surface area contributed by atoms with Gasteiger partial charge in [0.25, 0.3) is 0 Å². The second-order valence-corrected chi connectivity index (χ2v) is 6.34. The number of rotatable bonds is 5. The molecule has 0 aliphatic heterocycles. The fourth-order valence-corrected chi connectivity index (χ4v) is 2.53. The van der Waals surface area contributed by atoms with Crippen molar-refractivity contribution in [2.75, 3.05) is 19.5 Å². The van der Waals surface area contributed by atoms with Crippen LogP contribution < -0.4 is 20.2 Å². The van der Waals surface area contributed by atoms with E-state index in [4.69, 9.17) is 33.3 Å². The van der Waals surface area contributed by atoms with Gasteiger partial charge >= 0.3 is 6.18 Å². The van der Waals surface area contributed by atoms with E-state index in [-0.39, 0.29) is 15.8 Å². The number of anilines is 1. The van der Waals surface area contributed by atoms with Gasteiger partial charge in [0.2, 0.25) is 0 Å². The van der Waals surface area contributed by atoms with Crippen molar-refractivity contribution in [2.45, 2.75) is 13.1 Å². The highest BCUT2D eigenvalue weighted by atomic mass is 35.5. The molecule has 2 rings (SSSR count). The number of ether oxygens (including phenoxy) is 2. The molecule has 5 nitrogen and oxygen atoms in total. The van der Waals surface area contributed by atoms with Crippen LogP contribution in [0.25, 0.3) is 0 Å². The molecule has 0 aromatic heterocycles. The predicted molar refractivity (Wildman–Crippen MR) is 108 cm³/mol. The Labute approximate surface area is 170 Å². The van der Waals surface area contributed by atoms with Crippen molar-refractivity contribution in [2.24, 2.45) is 5.10 Å². The maximum absolute atomic E-state index is 12.8. The summed E-state index contributed by atoms with van der Waals surface area (Å²) in [5.74, 6) is 1.11. The van der Waals surface area contributed by atoms with E-state index < -0.39 is 11.7 Å². The van der Waals surface area contributed by atoms with Crippen molar-refractivity contribution in [1.82, 2.24) is 5.43 Å². The minimum absolute atomic E-state index is 0.0129. The lowest BCUT2D eigenvalue weighted by Gasteiger charge is -2.13. The van der Waals surface area contributed by atoms with Crippen LogP contribution in [0.3, 0.4) is 0 Å². The molecule has 0 heterocycles. The average molecular weight is 432 g/mol. The van der Waals surface area contributed by atoms with E-state index in [1.54, 1.807) is 25.1 Å². The molecule has 10 heteroatoms. The summed E-state index contributed by atoms with van der Waals surface area (Å²) in [7, 11) is 3.05. The van der Waals surface area contributed by atoms with Crippen molar-refractivity contribution in [3.63, 3.8) is 0 Å². The molecule has 0 bridgehead atoms. The number of hydrogen-bond acceptors (Lipinski definition) is 4. The van der Waals surface area contributed by atoms with Gasteiger partial charge < -0.3 is 14.8 Å². The van der Waals surface area contributed by atoms with Crippen LogP contribution in [-0.2, 0) is 6.18 Å². The van der Waals surface area contributed by atoms with E-state index in [1.807, 2.05) is 0 Å². The molecule has 0 aliphatic carbocycles. The standard InChI is InChI=1S/C18H17ClF3N3O2S/c1-10(11-4-7-15(26-2)16(8-11)27-3)24-25-17(28)23-14-9-12(18(20,21)22)5-6-13(14)19/h4-9H,1-3H3,(H2,23,25,28)/b24-10+. The highest BCUT2D eigenvalue weighted by molar-refractivity contribution is 7.80. The molecule has 0 saturated heterocycles. The molecule has 28 heavy (non-hydrogen) atoms. The molecule has 0 spiro atoms. The molecule has 2 aromatic carbocycles. The van der Waals surface area contributed by atoms with Gasteiger partial charge in [-0.1, -0.05) is 11.6 Å². The first-order chi connectivity index (χ1) is 13.2. The van der Waals surface area contributed by atoms with Crippen LogP contribution in [0.1, 0.15) is 18.1 Å². The van der Waals surface area contributed by atoms with Crippen LogP contribution in [0, 0.1) is 0 Å². The van der Waals surface area contributed by atoms with Gasteiger partial charge in [0, 0.05) is 5.56 Å². The molecular formula is C18H17ClF3N3O2S. The zero-order chi connectivity index (χ0) is 20.9. The Hall–Kier alpha value is -2.52. The summed E-state index contributed by atoms with van der Waals surface area (Å²) in [5.41, 5.74) is 3.07. The Balaban J connectivity index is 2.11. The third-order valence-electron chi connectivity index (χ3n) is 3.67. The zero-order valence-electron chi connectivity index (χ0n) is 15.1. The fourth-order valence-electron chi connectivity index (χ4n) is 2.21. The summed E-state index contributed by atoms with van der Waals surface area (Å²) in [6.07, 6.45) is -4.49. The third-order valence-corrected chi connectivity index (χ3v) is 4.19. The van der Waals surface area contributed by atoms with Crippen LogP contribution in [0.2, 0.25) is 5.02 Å². The van der Waals surface area contributed by atoms with E-state index in [9.17, 15) is 13.2 Å². The number of nitrogens with zero attached hydrogens (tertiary/aromatic N) is 1. The average Bonchev–Trinajstić information content (AvgIpc) is 2.66. The molecule has 0 radical (unpaired) electrons. The number of halogens is 4. The molecule has 0 amide bonds. The maximum Gasteiger partial charge on any atom is 0.416 e. The minimum atomic E-state index is -4.49. The van der Waals surface area contributed by atoms with Crippen LogP contribution >= 0.6 is 23.8 Å². The van der Waals surface area contributed by atoms with Gasteiger partial charge in [-0.15, -0.1) is 0 Å². The summed E-state index contributed by atoms with van der Waals surface area (Å²) >= 11 is 11.0. The van der Waals surface area contributed by atoms with Gasteiger partial charge in [-0.25, -0.2) is 0 Å². The van der Waals surface area contributed by atoms with Gasteiger partial charge in [-0.2, -0.15) is 18.3 Å². The summed E-state index contributed by atoms with van der Waals surface area (Å²) in [6, 6.07) is 8.16. The first-order valence-corrected chi connectivity index (χ1v) is 8.64. The molecule has 150 valence electrons. The number of methoxy groups -OCH3 is 2. The Morgan fingerprint density at radius 2 is 1.75 bits per heavy atom. The minimum Gasteiger partial charge on any atom is -0.493 e. The molecule has 0 aliphatic rings. The molecule has 2 N–H and O–H groups in total. The smallest absolute Gasteiger partial charge is 0.416 e. The normalized spacial score (nSPS) is 11.8. The van der Waals surface area contributed by atoms with Crippen LogP contribution in [0.15, 0.2) is 41.5 Å². The number of hydrogen-bond donors (Lipinski definition) is 2. The zero-order valence-corrected chi connectivity index (χ0v) is 16.7. The molecule has 0 fully saturated rings. The number of nitrogens with one attached hydrogen (secondary N) is 2. The summed E-state index contributed by atoms with van der Waals surface area (Å²) in [6.45, 7) is 1.73. The Kier molecular flexibility index (Phi) is 7.09. The van der Waals surface area contributed by atoms with Gasteiger partial charge in [0.1, 0.15) is 0 Å². The third kappa shape index (κ3) is 5.49. The lowest BCUT2D eigenvalue weighted by molar-refractivity contribution is -0.137. The van der Waals surface area contributed by atoms with E-state index in [0.29, 0.717) is 17.2 Å². The Bertz CT molecular complexity index is 904.